The predicted octanol–water partition coefficient (Wildman–Crippen LogP) is 4.81. The van der Waals surface area contributed by atoms with Crippen molar-refractivity contribution in [2.45, 2.75) is 10.1 Å². The van der Waals surface area contributed by atoms with Gasteiger partial charge < -0.3 is 4.74 Å². The lowest BCUT2D eigenvalue weighted by Crippen LogP contribution is -1.87. The molecule has 25 heavy (non-hydrogen) atoms. The SMILES string of the molecule is COc1ccc(CSc2nn3cc(-c4cccnc4)nc3s2)cc1Cl. The zero-order valence-corrected chi connectivity index (χ0v) is 15.6. The summed E-state index contributed by atoms with van der Waals surface area (Å²) in [6.45, 7) is 0. The van der Waals surface area contributed by atoms with Gasteiger partial charge in [-0.15, -0.1) is 5.10 Å². The monoisotopic (exact) mass is 388 g/mol. The van der Waals surface area contributed by atoms with Gasteiger partial charge in [-0.2, -0.15) is 0 Å². The number of benzene rings is 1. The van der Waals surface area contributed by atoms with Crippen molar-refractivity contribution in [1.82, 2.24) is 19.6 Å². The van der Waals surface area contributed by atoms with Gasteiger partial charge in [-0.3, -0.25) is 4.98 Å². The highest BCUT2D eigenvalue weighted by atomic mass is 35.5. The summed E-state index contributed by atoms with van der Waals surface area (Å²) in [7, 11) is 1.61. The first-order valence-electron chi connectivity index (χ1n) is 7.45. The van der Waals surface area contributed by atoms with Gasteiger partial charge in [-0.1, -0.05) is 40.8 Å². The molecule has 4 rings (SSSR count). The first-order valence-corrected chi connectivity index (χ1v) is 9.63. The van der Waals surface area contributed by atoms with Crippen molar-refractivity contribution < 1.29 is 4.74 Å². The molecule has 4 aromatic rings. The Bertz CT molecular complexity index is 985. The van der Waals surface area contributed by atoms with Crippen LogP contribution in [0.2, 0.25) is 5.02 Å². The van der Waals surface area contributed by atoms with E-state index in [-0.39, 0.29) is 0 Å². The van der Waals surface area contributed by atoms with E-state index < -0.39 is 0 Å². The molecule has 0 spiro atoms. The standard InChI is InChI=1S/C17H13ClN4OS2/c1-23-15-5-4-11(7-13(15)18)10-24-17-21-22-9-14(20-16(22)25-17)12-3-2-6-19-8-12/h2-9H,10H2,1H3. The Morgan fingerprint density at radius 3 is 2.96 bits per heavy atom. The minimum atomic E-state index is 0.621. The number of pyridine rings is 1. The average molecular weight is 389 g/mol. The molecule has 5 nitrogen and oxygen atoms in total. The van der Waals surface area contributed by atoms with Crippen molar-refractivity contribution in [3.8, 4) is 17.0 Å². The van der Waals surface area contributed by atoms with Crippen molar-refractivity contribution >= 4 is 39.7 Å². The highest BCUT2D eigenvalue weighted by Crippen LogP contribution is 2.31. The molecule has 0 aliphatic heterocycles. The Morgan fingerprint density at radius 2 is 2.24 bits per heavy atom. The van der Waals surface area contributed by atoms with E-state index in [0.29, 0.717) is 10.8 Å². The van der Waals surface area contributed by atoms with E-state index in [1.165, 1.54) is 0 Å². The highest BCUT2D eigenvalue weighted by Gasteiger charge is 2.11. The number of imidazole rings is 1. The third kappa shape index (κ3) is 3.49. The second kappa shape index (κ2) is 7.03. The molecule has 0 bridgehead atoms. The van der Waals surface area contributed by atoms with Crippen LogP contribution >= 0.6 is 34.7 Å². The summed E-state index contributed by atoms with van der Waals surface area (Å²) in [5.41, 5.74) is 2.99. The van der Waals surface area contributed by atoms with Gasteiger partial charge >= 0.3 is 0 Å². The lowest BCUT2D eigenvalue weighted by molar-refractivity contribution is 0.415. The molecule has 0 N–H and O–H groups in total. The van der Waals surface area contributed by atoms with Crippen molar-refractivity contribution in [2.75, 3.05) is 7.11 Å². The van der Waals surface area contributed by atoms with Gasteiger partial charge in [-0.25, -0.2) is 9.50 Å². The normalized spacial score (nSPS) is 11.1. The van der Waals surface area contributed by atoms with Crippen molar-refractivity contribution in [2.24, 2.45) is 0 Å². The molecule has 3 aromatic heterocycles. The van der Waals surface area contributed by atoms with Gasteiger partial charge in [0.25, 0.3) is 0 Å². The second-order valence-corrected chi connectivity index (χ2v) is 7.81. The maximum Gasteiger partial charge on any atom is 0.213 e. The van der Waals surface area contributed by atoms with E-state index in [1.807, 2.05) is 41.0 Å². The van der Waals surface area contributed by atoms with Crippen LogP contribution < -0.4 is 4.74 Å². The molecule has 0 atom stereocenters. The quantitative estimate of drug-likeness (QED) is 0.459. The minimum absolute atomic E-state index is 0.621. The number of thioether (sulfide) groups is 1. The zero-order chi connectivity index (χ0) is 17.2. The van der Waals surface area contributed by atoms with Crippen molar-refractivity contribution in [1.29, 1.82) is 0 Å². The maximum absolute atomic E-state index is 6.17. The number of ether oxygens (including phenoxy) is 1. The Morgan fingerprint density at radius 1 is 1.32 bits per heavy atom. The second-order valence-electron chi connectivity index (χ2n) is 5.22. The molecule has 1 aromatic carbocycles. The van der Waals surface area contributed by atoms with E-state index in [1.54, 1.807) is 42.6 Å². The van der Waals surface area contributed by atoms with Gasteiger partial charge in [-0.05, 0) is 29.8 Å². The molecule has 0 fully saturated rings. The van der Waals surface area contributed by atoms with Crippen LogP contribution in [0.4, 0.5) is 0 Å². The van der Waals surface area contributed by atoms with Gasteiger partial charge in [0.2, 0.25) is 4.96 Å². The first-order chi connectivity index (χ1) is 12.2. The average Bonchev–Trinajstić information content (AvgIpc) is 3.19. The van der Waals surface area contributed by atoms with Crippen molar-refractivity contribution in [3.63, 3.8) is 0 Å². The van der Waals surface area contributed by atoms with E-state index in [9.17, 15) is 0 Å². The van der Waals surface area contributed by atoms with Crippen LogP contribution in [0.1, 0.15) is 5.56 Å². The van der Waals surface area contributed by atoms with Gasteiger partial charge in [0.15, 0.2) is 4.34 Å². The lowest BCUT2D eigenvalue weighted by Gasteiger charge is -2.04. The van der Waals surface area contributed by atoms with Crippen molar-refractivity contribution in [3.05, 3.63) is 59.5 Å². The fourth-order valence-electron chi connectivity index (χ4n) is 2.34. The van der Waals surface area contributed by atoms with E-state index in [4.69, 9.17) is 16.3 Å². The Balaban J connectivity index is 1.49. The van der Waals surface area contributed by atoms with Crippen LogP contribution in [-0.2, 0) is 5.75 Å². The molecule has 0 amide bonds. The van der Waals surface area contributed by atoms with Crippen LogP contribution in [0, 0.1) is 0 Å². The van der Waals surface area contributed by atoms with E-state index in [0.717, 1.165) is 31.9 Å². The molecule has 3 heterocycles. The van der Waals surface area contributed by atoms with Crippen LogP contribution in [-0.4, -0.2) is 26.7 Å². The largest absolute Gasteiger partial charge is 0.495 e. The molecule has 0 saturated carbocycles. The first kappa shape index (κ1) is 16.4. The van der Waals surface area contributed by atoms with E-state index in [2.05, 4.69) is 15.1 Å². The molecule has 0 unspecified atom stereocenters. The van der Waals surface area contributed by atoms with Crippen LogP contribution in [0.5, 0.6) is 5.75 Å². The predicted molar refractivity (Wildman–Crippen MR) is 102 cm³/mol. The molecular formula is C17H13ClN4OS2. The summed E-state index contributed by atoms with van der Waals surface area (Å²) >= 11 is 9.40. The smallest absolute Gasteiger partial charge is 0.213 e. The number of halogens is 1. The Kier molecular flexibility index (Phi) is 4.61. The third-order valence-electron chi connectivity index (χ3n) is 3.56. The van der Waals surface area contributed by atoms with Crippen LogP contribution in [0.25, 0.3) is 16.2 Å². The number of nitrogens with zero attached hydrogens (tertiary/aromatic N) is 4. The summed E-state index contributed by atoms with van der Waals surface area (Å²) in [4.78, 5) is 9.62. The van der Waals surface area contributed by atoms with Crippen LogP contribution in [0.3, 0.4) is 0 Å². The van der Waals surface area contributed by atoms with E-state index >= 15 is 0 Å². The summed E-state index contributed by atoms with van der Waals surface area (Å²) < 4.78 is 7.96. The Labute approximate surface area is 157 Å². The van der Waals surface area contributed by atoms with Gasteiger partial charge in [0.1, 0.15) is 5.75 Å². The summed E-state index contributed by atoms with van der Waals surface area (Å²) in [6, 6.07) is 9.70. The third-order valence-corrected chi connectivity index (χ3v) is 5.98. The molecule has 0 aliphatic carbocycles. The summed E-state index contributed by atoms with van der Waals surface area (Å²) in [6.07, 6.45) is 5.48. The number of hydrogen-bond acceptors (Lipinski definition) is 6. The topological polar surface area (TPSA) is 52.3 Å². The fourth-order valence-corrected chi connectivity index (χ4v) is 4.49. The number of methoxy groups -OCH3 is 1. The maximum atomic E-state index is 6.17. The lowest BCUT2D eigenvalue weighted by atomic mass is 10.2. The summed E-state index contributed by atoms with van der Waals surface area (Å²) in [5.74, 6) is 1.47. The number of hydrogen-bond donors (Lipinski definition) is 0. The highest BCUT2D eigenvalue weighted by molar-refractivity contribution is 8.00. The Hall–Kier alpha value is -2.09. The molecule has 0 aliphatic rings. The van der Waals surface area contributed by atoms with Gasteiger partial charge in [0, 0.05) is 23.7 Å². The number of fused-ring (bicyclic) bond motifs is 1. The zero-order valence-electron chi connectivity index (χ0n) is 13.2. The van der Waals surface area contributed by atoms with Crippen LogP contribution in [0.15, 0.2) is 53.3 Å². The summed E-state index contributed by atoms with van der Waals surface area (Å²) in [5, 5.41) is 5.21. The van der Waals surface area contributed by atoms with Gasteiger partial charge in [0.05, 0.1) is 24.0 Å². The number of aromatic nitrogens is 4. The molecule has 126 valence electrons. The minimum Gasteiger partial charge on any atom is -0.495 e. The fraction of sp³-hybridized carbons (Fsp3) is 0.118. The molecule has 0 radical (unpaired) electrons. The molecule has 8 heteroatoms. The molecule has 0 saturated heterocycles. The molecular weight excluding hydrogens is 376 g/mol. The number of rotatable bonds is 5.